The first-order chi connectivity index (χ1) is 8.82. The average Bonchev–Trinajstić information content (AvgIpc) is 2.35. The minimum atomic E-state index is -1.17. The number of hydrogen-bond donors (Lipinski definition) is 2. The van der Waals surface area contributed by atoms with Crippen molar-refractivity contribution in [2.75, 3.05) is 0 Å². The summed E-state index contributed by atoms with van der Waals surface area (Å²) in [6.07, 6.45) is -1.09. The summed E-state index contributed by atoms with van der Waals surface area (Å²) in [7, 11) is 0. The fraction of sp³-hybridized carbons (Fsp3) is 0.273. The van der Waals surface area contributed by atoms with Crippen LogP contribution >= 0.6 is 0 Å². The van der Waals surface area contributed by atoms with Crippen LogP contribution in [0.15, 0.2) is 18.2 Å². The van der Waals surface area contributed by atoms with Crippen LogP contribution in [0.5, 0.6) is 0 Å². The molecule has 8 nitrogen and oxygen atoms in total. The highest BCUT2D eigenvalue weighted by atomic mass is 16.6. The molecule has 0 radical (unpaired) electrons. The van der Waals surface area contributed by atoms with Crippen molar-refractivity contribution in [3.8, 4) is 0 Å². The molecule has 0 aromatic heterocycles. The first kappa shape index (κ1) is 14.6. The Balaban J connectivity index is 2.97. The molecule has 0 aliphatic heterocycles. The average molecular weight is 268 g/mol. The molecule has 102 valence electrons. The fourth-order valence-electron chi connectivity index (χ4n) is 1.30. The van der Waals surface area contributed by atoms with Crippen molar-refractivity contribution in [3.05, 3.63) is 39.4 Å². The highest BCUT2D eigenvalue weighted by Crippen LogP contribution is 2.21. The van der Waals surface area contributed by atoms with Crippen molar-refractivity contribution in [1.29, 1.82) is 0 Å². The zero-order chi connectivity index (χ0) is 14.6. The first-order valence-corrected chi connectivity index (χ1v) is 5.24. The predicted molar refractivity (Wildman–Crippen MR) is 63.5 cm³/mol. The third kappa shape index (κ3) is 3.75. The van der Waals surface area contributed by atoms with E-state index < -0.39 is 22.9 Å². The number of nitrogens with zero attached hydrogens (tertiary/aromatic N) is 1. The van der Waals surface area contributed by atoms with Crippen LogP contribution in [0.2, 0.25) is 0 Å². The standard InChI is InChI=1S/C11H12N2O6/c1-6(11(15)16)19-5-8-3-2-7(10(12)14)4-9(8)13(17)18/h2-4,6H,5H2,1H3,(H2,12,14)(H,15,16). The second kappa shape index (κ2) is 5.91. The molecule has 1 aromatic rings. The van der Waals surface area contributed by atoms with Crippen LogP contribution in [0.1, 0.15) is 22.8 Å². The van der Waals surface area contributed by atoms with Crippen LogP contribution in [-0.4, -0.2) is 28.0 Å². The molecule has 0 bridgehead atoms. The van der Waals surface area contributed by atoms with E-state index in [1.54, 1.807) is 0 Å². The van der Waals surface area contributed by atoms with Gasteiger partial charge in [-0.15, -0.1) is 0 Å². The molecule has 19 heavy (non-hydrogen) atoms. The van der Waals surface area contributed by atoms with E-state index in [1.165, 1.54) is 19.1 Å². The topological polar surface area (TPSA) is 133 Å². The van der Waals surface area contributed by atoms with Crippen molar-refractivity contribution in [2.24, 2.45) is 5.73 Å². The molecular formula is C11H12N2O6. The predicted octanol–water partition coefficient (Wildman–Crippen LogP) is 0.683. The Labute approximate surface area is 107 Å². The van der Waals surface area contributed by atoms with E-state index in [1.807, 2.05) is 0 Å². The van der Waals surface area contributed by atoms with Gasteiger partial charge in [-0.2, -0.15) is 0 Å². The van der Waals surface area contributed by atoms with Gasteiger partial charge in [0.05, 0.1) is 17.1 Å². The summed E-state index contributed by atoms with van der Waals surface area (Å²) in [5, 5.41) is 19.5. The number of carboxylic acids is 1. The number of carbonyl (C=O) groups excluding carboxylic acids is 1. The van der Waals surface area contributed by atoms with Gasteiger partial charge in [-0.3, -0.25) is 14.9 Å². The SMILES string of the molecule is CC(OCc1ccc(C(N)=O)cc1[N+](=O)[O-])C(=O)O. The van der Waals surface area contributed by atoms with Gasteiger partial charge < -0.3 is 15.6 Å². The van der Waals surface area contributed by atoms with E-state index in [4.69, 9.17) is 15.6 Å². The van der Waals surface area contributed by atoms with Gasteiger partial charge >= 0.3 is 5.97 Å². The maximum atomic E-state index is 10.9. The van der Waals surface area contributed by atoms with Gasteiger partial charge in [-0.05, 0) is 19.1 Å². The third-order valence-electron chi connectivity index (χ3n) is 2.40. The number of aliphatic carboxylic acids is 1. The van der Waals surface area contributed by atoms with Gasteiger partial charge in [0.2, 0.25) is 5.91 Å². The minimum Gasteiger partial charge on any atom is -0.479 e. The van der Waals surface area contributed by atoms with Crippen LogP contribution in [0.3, 0.4) is 0 Å². The number of benzene rings is 1. The molecule has 0 aliphatic rings. The monoisotopic (exact) mass is 268 g/mol. The maximum Gasteiger partial charge on any atom is 0.332 e. The second-order valence-corrected chi connectivity index (χ2v) is 3.76. The Kier molecular flexibility index (Phi) is 4.54. The van der Waals surface area contributed by atoms with Gasteiger partial charge in [-0.25, -0.2) is 4.79 Å². The van der Waals surface area contributed by atoms with Gasteiger partial charge in [0, 0.05) is 11.6 Å². The lowest BCUT2D eigenvalue weighted by molar-refractivity contribution is -0.386. The number of carbonyl (C=O) groups is 2. The zero-order valence-electron chi connectivity index (χ0n) is 10.0. The number of hydrogen-bond acceptors (Lipinski definition) is 5. The molecule has 0 saturated carbocycles. The smallest absolute Gasteiger partial charge is 0.332 e. The molecule has 0 spiro atoms. The summed E-state index contributed by atoms with van der Waals surface area (Å²) < 4.78 is 4.96. The Morgan fingerprint density at radius 2 is 2.16 bits per heavy atom. The fourth-order valence-corrected chi connectivity index (χ4v) is 1.30. The number of carboxylic acid groups (broad SMARTS) is 1. The lowest BCUT2D eigenvalue weighted by Crippen LogP contribution is -2.20. The molecule has 0 fully saturated rings. The van der Waals surface area contributed by atoms with Crippen molar-refractivity contribution < 1.29 is 24.4 Å². The Morgan fingerprint density at radius 3 is 2.63 bits per heavy atom. The summed E-state index contributed by atoms with van der Waals surface area (Å²) in [4.78, 5) is 31.7. The summed E-state index contributed by atoms with van der Waals surface area (Å²) in [6, 6.07) is 3.67. The third-order valence-corrected chi connectivity index (χ3v) is 2.40. The van der Waals surface area contributed by atoms with E-state index >= 15 is 0 Å². The number of nitrogens with two attached hydrogens (primary N) is 1. The maximum absolute atomic E-state index is 10.9. The molecule has 1 atom stereocenters. The molecule has 0 heterocycles. The van der Waals surface area contributed by atoms with E-state index in [-0.39, 0.29) is 23.4 Å². The quantitative estimate of drug-likeness (QED) is 0.575. The summed E-state index contributed by atoms with van der Waals surface area (Å²) >= 11 is 0. The number of amides is 1. The van der Waals surface area contributed by atoms with Crippen LogP contribution in [-0.2, 0) is 16.1 Å². The molecule has 0 aliphatic carbocycles. The number of nitro benzene ring substituents is 1. The van der Waals surface area contributed by atoms with E-state index in [2.05, 4.69) is 0 Å². The lowest BCUT2D eigenvalue weighted by atomic mass is 10.1. The molecule has 0 saturated heterocycles. The van der Waals surface area contributed by atoms with Crippen molar-refractivity contribution in [1.82, 2.24) is 0 Å². The molecule has 1 amide bonds. The Bertz CT molecular complexity index is 528. The van der Waals surface area contributed by atoms with E-state index in [9.17, 15) is 19.7 Å². The second-order valence-electron chi connectivity index (χ2n) is 3.76. The van der Waals surface area contributed by atoms with Gasteiger partial charge in [-0.1, -0.05) is 0 Å². The minimum absolute atomic E-state index is 0.00160. The number of nitro groups is 1. The molecule has 1 unspecified atom stereocenters. The van der Waals surface area contributed by atoms with Gasteiger partial charge in [0.1, 0.15) is 0 Å². The molecular weight excluding hydrogens is 256 g/mol. The van der Waals surface area contributed by atoms with Crippen LogP contribution in [0, 0.1) is 10.1 Å². The largest absolute Gasteiger partial charge is 0.479 e. The van der Waals surface area contributed by atoms with Gasteiger partial charge in [0.15, 0.2) is 6.10 Å². The van der Waals surface area contributed by atoms with Crippen LogP contribution in [0.4, 0.5) is 5.69 Å². The summed E-state index contributed by atoms with van der Waals surface area (Å²) in [5.41, 5.74) is 4.86. The number of primary amides is 1. The van der Waals surface area contributed by atoms with E-state index in [0.717, 1.165) is 6.07 Å². The Morgan fingerprint density at radius 1 is 1.53 bits per heavy atom. The molecule has 1 aromatic carbocycles. The van der Waals surface area contributed by atoms with Crippen molar-refractivity contribution >= 4 is 17.6 Å². The number of rotatable bonds is 6. The summed E-state index contributed by atoms with van der Waals surface area (Å²) in [6.45, 7) is 1.06. The van der Waals surface area contributed by atoms with Crippen LogP contribution < -0.4 is 5.73 Å². The molecule has 1 rings (SSSR count). The van der Waals surface area contributed by atoms with E-state index in [0.29, 0.717) is 0 Å². The molecule has 3 N–H and O–H groups in total. The highest BCUT2D eigenvalue weighted by Gasteiger charge is 2.19. The normalized spacial score (nSPS) is 11.8. The van der Waals surface area contributed by atoms with Crippen molar-refractivity contribution in [3.63, 3.8) is 0 Å². The zero-order valence-corrected chi connectivity index (χ0v) is 10.0. The summed E-state index contributed by atoms with van der Waals surface area (Å²) in [5.74, 6) is -1.95. The lowest BCUT2D eigenvalue weighted by Gasteiger charge is -2.09. The highest BCUT2D eigenvalue weighted by molar-refractivity contribution is 5.93. The number of ether oxygens (including phenoxy) is 1. The molecule has 8 heteroatoms. The van der Waals surface area contributed by atoms with Crippen molar-refractivity contribution in [2.45, 2.75) is 19.6 Å². The van der Waals surface area contributed by atoms with Crippen LogP contribution in [0.25, 0.3) is 0 Å². The first-order valence-electron chi connectivity index (χ1n) is 5.24. The Hall–Kier alpha value is -2.48. The van der Waals surface area contributed by atoms with Gasteiger partial charge in [0.25, 0.3) is 5.69 Å².